The Kier molecular flexibility index (Phi) is 5.54. The number of hydrogen-bond acceptors (Lipinski definition) is 2. The van der Waals surface area contributed by atoms with Gasteiger partial charge in [-0.25, -0.2) is 0 Å². The zero-order valence-corrected chi connectivity index (χ0v) is 14.0. The summed E-state index contributed by atoms with van der Waals surface area (Å²) < 4.78 is 0. The van der Waals surface area contributed by atoms with Crippen molar-refractivity contribution in [3.63, 3.8) is 0 Å². The summed E-state index contributed by atoms with van der Waals surface area (Å²) in [4.78, 5) is 14.5. The Labute approximate surface area is 138 Å². The molecule has 0 aliphatic rings. The van der Waals surface area contributed by atoms with E-state index < -0.39 is 0 Å². The molecule has 2 aromatic carbocycles. The zero-order chi connectivity index (χ0) is 16.8. The zero-order valence-electron chi connectivity index (χ0n) is 14.0. The van der Waals surface area contributed by atoms with Gasteiger partial charge in [0.25, 0.3) is 0 Å². The van der Waals surface area contributed by atoms with Crippen LogP contribution < -0.4 is 4.90 Å². The Bertz CT molecular complexity index is 744. The third kappa shape index (κ3) is 4.20. The predicted octanol–water partition coefficient (Wildman–Crippen LogP) is 4.10. The van der Waals surface area contributed by atoms with Gasteiger partial charge in [0, 0.05) is 12.2 Å². The maximum atomic E-state index is 12.8. The summed E-state index contributed by atoms with van der Waals surface area (Å²) in [7, 11) is 0. The van der Waals surface area contributed by atoms with E-state index in [9.17, 15) is 4.79 Å². The topological polar surface area (TPSA) is 44.1 Å². The average Bonchev–Trinajstić information content (AvgIpc) is 2.53. The van der Waals surface area contributed by atoms with E-state index in [1.165, 1.54) is 5.56 Å². The van der Waals surface area contributed by atoms with Crippen molar-refractivity contribution < 1.29 is 4.79 Å². The lowest BCUT2D eigenvalue weighted by molar-refractivity contribution is -0.118. The van der Waals surface area contributed by atoms with E-state index in [-0.39, 0.29) is 5.91 Å². The highest BCUT2D eigenvalue weighted by Gasteiger charge is 2.17. The quantitative estimate of drug-likeness (QED) is 0.834. The number of rotatable bonds is 5. The smallest absolute Gasteiger partial charge is 0.231 e. The molecule has 23 heavy (non-hydrogen) atoms. The first-order valence-corrected chi connectivity index (χ1v) is 7.82. The second-order valence-corrected chi connectivity index (χ2v) is 5.83. The van der Waals surface area contributed by atoms with Gasteiger partial charge in [0.1, 0.15) is 0 Å². The van der Waals surface area contributed by atoms with Crippen LogP contribution in [-0.4, -0.2) is 12.5 Å². The van der Waals surface area contributed by atoms with Crippen molar-refractivity contribution in [3.05, 3.63) is 64.7 Å². The molecule has 2 aromatic rings. The number of anilines is 1. The van der Waals surface area contributed by atoms with Gasteiger partial charge in [0.2, 0.25) is 5.91 Å². The molecular weight excluding hydrogens is 284 g/mol. The summed E-state index contributed by atoms with van der Waals surface area (Å²) in [6.07, 6.45) is 0.678. The molecule has 0 saturated carbocycles. The Morgan fingerprint density at radius 1 is 1.04 bits per heavy atom. The van der Waals surface area contributed by atoms with E-state index in [4.69, 9.17) is 5.26 Å². The normalized spacial score (nSPS) is 10.2. The molecule has 0 bridgehead atoms. The number of nitriles is 1. The molecule has 0 aliphatic heterocycles. The minimum Gasteiger partial charge on any atom is -0.311 e. The van der Waals surface area contributed by atoms with Gasteiger partial charge in [-0.1, -0.05) is 30.3 Å². The molecule has 0 atom stereocenters. The maximum Gasteiger partial charge on any atom is 0.231 e. The summed E-state index contributed by atoms with van der Waals surface area (Å²) >= 11 is 0. The number of carbonyl (C=O) groups excluding carboxylic acids is 1. The molecule has 0 heterocycles. The highest BCUT2D eigenvalue weighted by Crippen LogP contribution is 2.21. The molecule has 3 heteroatoms. The Morgan fingerprint density at radius 2 is 1.78 bits per heavy atom. The van der Waals surface area contributed by atoms with Crippen LogP contribution in [0.1, 0.15) is 28.7 Å². The lowest BCUT2D eigenvalue weighted by Gasteiger charge is -2.23. The van der Waals surface area contributed by atoms with Crippen LogP contribution in [0.15, 0.2) is 42.5 Å². The van der Waals surface area contributed by atoms with E-state index >= 15 is 0 Å². The van der Waals surface area contributed by atoms with E-state index in [0.29, 0.717) is 19.4 Å². The van der Waals surface area contributed by atoms with Crippen LogP contribution in [0, 0.1) is 32.1 Å². The molecule has 118 valence electrons. The minimum absolute atomic E-state index is 0.0257. The second kappa shape index (κ2) is 7.60. The fourth-order valence-corrected chi connectivity index (χ4v) is 2.52. The Balaban J connectivity index is 2.27. The number of hydrogen-bond donors (Lipinski definition) is 0. The van der Waals surface area contributed by atoms with Crippen molar-refractivity contribution in [1.29, 1.82) is 5.26 Å². The molecule has 0 N–H and O–H groups in total. The SMILES string of the molecule is Cc1ccc(N(CCC#N)C(=O)Cc2ccccc2C)cc1C. The summed E-state index contributed by atoms with van der Waals surface area (Å²) in [5.41, 5.74) is 5.35. The van der Waals surface area contributed by atoms with Crippen molar-refractivity contribution in [3.8, 4) is 6.07 Å². The van der Waals surface area contributed by atoms with Gasteiger partial charge in [-0.3, -0.25) is 4.79 Å². The Hall–Kier alpha value is -2.60. The Morgan fingerprint density at radius 3 is 2.43 bits per heavy atom. The van der Waals surface area contributed by atoms with Gasteiger partial charge in [0.05, 0.1) is 18.9 Å². The van der Waals surface area contributed by atoms with Gasteiger partial charge in [0.15, 0.2) is 0 Å². The summed E-state index contributed by atoms with van der Waals surface area (Å²) in [5.74, 6) is 0.0257. The highest BCUT2D eigenvalue weighted by atomic mass is 16.2. The molecule has 0 unspecified atom stereocenters. The molecular formula is C20H22N2O. The first-order valence-electron chi connectivity index (χ1n) is 7.82. The van der Waals surface area contributed by atoms with Crippen molar-refractivity contribution in [2.24, 2.45) is 0 Å². The molecule has 0 radical (unpaired) electrons. The standard InChI is InChI=1S/C20H22N2O/c1-15-9-10-19(13-17(15)3)22(12-6-11-21)20(23)14-18-8-5-4-7-16(18)2/h4-5,7-10,13H,6,12,14H2,1-3H3. The third-order valence-corrected chi connectivity index (χ3v) is 4.15. The molecule has 2 rings (SSSR count). The van der Waals surface area contributed by atoms with Gasteiger partial charge < -0.3 is 4.90 Å². The van der Waals surface area contributed by atoms with Gasteiger partial charge in [-0.15, -0.1) is 0 Å². The number of aryl methyl sites for hydroxylation is 3. The monoisotopic (exact) mass is 306 g/mol. The lowest BCUT2D eigenvalue weighted by Crippen LogP contribution is -2.33. The number of benzene rings is 2. The fourth-order valence-electron chi connectivity index (χ4n) is 2.52. The number of carbonyl (C=O) groups is 1. The molecule has 0 aromatic heterocycles. The minimum atomic E-state index is 0.0257. The maximum absolute atomic E-state index is 12.8. The largest absolute Gasteiger partial charge is 0.311 e. The first kappa shape index (κ1) is 16.8. The van der Waals surface area contributed by atoms with Gasteiger partial charge in [-0.05, 0) is 55.2 Å². The lowest BCUT2D eigenvalue weighted by atomic mass is 10.0. The molecule has 0 spiro atoms. The van der Waals surface area contributed by atoms with Crippen molar-refractivity contribution in [2.75, 3.05) is 11.4 Å². The molecule has 1 amide bonds. The highest BCUT2D eigenvalue weighted by molar-refractivity contribution is 5.95. The van der Waals surface area contributed by atoms with Crippen LogP contribution in [0.4, 0.5) is 5.69 Å². The molecule has 0 aliphatic carbocycles. The number of amides is 1. The third-order valence-electron chi connectivity index (χ3n) is 4.15. The molecule has 0 saturated heterocycles. The molecule has 3 nitrogen and oxygen atoms in total. The van der Waals surface area contributed by atoms with Crippen LogP contribution in [-0.2, 0) is 11.2 Å². The van der Waals surface area contributed by atoms with Crippen LogP contribution >= 0.6 is 0 Å². The molecule has 0 fully saturated rings. The van der Waals surface area contributed by atoms with Crippen LogP contribution in [0.3, 0.4) is 0 Å². The van der Waals surface area contributed by atoms with Crippen LogP contribution in [0.25, 0.3) is 0 Å². The van der Waals surface area contributed by atoms with Gasteiger partial charge >= 0.3 is 0 Å². The van der Waals surface area contributed by atoms with Crippen molar-refractivity contribution in [2.45, 2.75) is 33.6 Å². The van der Waals surface area contributed by atoms with Crippen LogP contribution in [0.2, 0.25) is 0 Å². The average molecular weight is 306 g/mol. The van der Waals surface area contributed by atoms with Gasteiger partial charge in [-0.2, -0.15) is 5.26 Å². The predicted molar refractivity (Wildman–Crippen MR) is 93.4 cm³/mol. The van der Waals surface area contributed by atoms with E-state index in [0.717, 1.165) is 22.4 Å². The van der Waals surface area contributed by atoms with E-state index in [1.807, 2.05) is 63.2 Å². The summed E-state index contributed by atoms with van der Waals surface area (Å²) in [5, 5.41) is 8.89. The van der Waals surface area contributed by atoms with Crippen molar-refractivity contribution in [1.82, 2.24) is 0 Å². The van der Waals surface area contributed by atoms with E-state index in [1.54, 1.807) is 4.90 Å². The van der Waals surface area contributed by atoms with Crippen LogP contribution in [0.5, 0.6) is 0 Å². The fraction of sp³-hybridized carbons (Fsp3) is 0.300. The first-order chi connectivity index (χ1) is 11.0. The summed E-state index contributed by atoms with van der Waals surface area (Å²) in [6, 6.07) is 16.0. The summed E-state index contributed by atoms with van der Waals surface area (Å²) in [6.45, 7) is 6.52. The van der Waals surface area contributed by atoms with Crippen molar-refractivity contribution >= 4 is 11.6 Å². The second-order valence-electron chi connectivity index (χ2n) is 5.83. The van der Waals surface area contributed by atoms with E-state index in [2.05, 4.69) is 6.07 Å². The number of nitrogens with zero attached hydrogens (tertiary/aromatic N) is 2.